The summed E-state index contributed by atoms with van der Waals surface area (Å²) in [6.07, 6.45) is 0.466. The molecule has 1 aliphatic rings. The second-order valence-corrected chi connectivity index (χ2v) is 11.2. The van der Waals surface area contributed by atoms with E-state index in [-0.39, 0.29) is 30.1 Å². The molecule has 0 aliphatic carbocycles. The van der Waals surface area contributed by atoms with Crippen molar-refractivity contribution in [2.45, 2.75) is 53.6 Å². The molecule has 1 amide bonds. The molecule has 1 aliphatic heterocycles. The van der Waals surface area contributed by atoms with Gasteiger partial charge in [0.15, 0.2) is 16.4 Å². The summed E-state index contributed by atoms with van der Waals surface area (Å²) in [5.41, 5.74) is 5.24. The lowest BCUT2D eigenvalue weighted by Gasteiger charge is -2.29. The molecular weight excluding hydrogens is 436 g/mol. The van der Waals surface area contributed by atoms with E-state index in [0.29, 0.717) is 13.0 Å². The number of rotatable bonds is 9. The van der Waals surface area contributed by atoms with E-state index >= 15 is 0 Å². The SMILES string of the molecule is CCN(CC)c1ccc(CN(C(=O)COc2c(C)cc(C)cc2C)C2CCS(=O)(=O)C2)cc1. The van der Waals surface area contributed by atoms with Crippen LogP contribution in [0.1, 0.15) is 42.5 Å². The van der Waals surface area contributed by atoms with Crippen LogP contribution in [0.3, 0.4) is 0 Å². The Hall–Kier alpha value is -2.54. The minimum Gasteiger partial charge on any atom is -0.483 e. The van der Waals surface area contributed by atoms with Crippen molar-refractivity contribution in [1.29, 1.82) is 0 Å². The van der Waals surface area contributed by atoms with Crippen molar-refractivity contribution in [1.82, 2.24) is 4.90 Å². The molecule has 33 heavy (non-hydrogen) atoms. The van der Waals surface area contributed by atoms with E-state index in [1.165, 1.54) is 0 Å². The van der Waals surface area contributed by atoms with Crippen molar-refractivity contribution in [3.05, 3.63) is 58.7 Å². The molecule has 2 aromatic carbocycles. The average Bonchev–Trinajstić information content (AvgIpc) is 3.12. The van der Waals surface area contributed by atoms with Gasteiger partial charge >= 0.3 is 0 Å². The Kier molecular flexibility index (Phi) is 8.05. The van der Waals surface area contributed by atoms with Crippen molar-refractivity contribution in [2.75, 3.05) is 36.1 Å². The summed E-state index contributed by atoms with van der Waals surface area (Å²) in [4.78, 5) is 17.2. The highest BCUT2D eigenvalue weighted by Crippen LogP contribution is 2.26. The van der Waals surface area contributed by atoms with Crippen LogP contribution in [-0.4, -0.2) is 56.5 Å². The predicted octanol–water partition coefficient (Wildman–Crippen LogP) is 4.05. The van der Waals surface area contributed by atoms with E-state index in [9.17, 15) is 13.2 Å². The van der Waals surface area contributed by atoms with Gasteiger partial charge in [-0.15, -0.1) is 0 Å². The number of ether oxygens (including phenoxy) is 1. The van der Waals surface area contributed by atoms with Crippen molar-refractivity contribution in [3.63, 3.8) is 0 Å². The number of amides is 1. The smallest absolute Gasteiger partial charge is 0.261 e. The summed E-state index contributed by atoms with van der Waals surface area (Å²) in [5, 5.41) is 0. The monoisotopic (exact) mass is 472 g/mol. The average molecular weight is 473 g/mol. The summed E-state index contributed by atoms with van der Waals surface area (Å²) in [7, 11) is -3.12. The zero-order valence-corrected chi connectivity index (χ0v) is 21.2. The number of benzene rings is 2. The first-order chi connectivity index (χ1) is 15.6. The topological polar surface area (TPSA) is 66.9 Å². The van der Waals surface area contributed by atoms with Crippen molar-refractivity contribution >= 4 is 21.4 Å². The molecule has 6 nitrogen and oxygen atoms in total. The van der Waals surface area contributed by atoms with Gasteiger partial charge in [-0.2, -0.15) is 0 Å². The van der Waals surface area contributed by atoms with E-state index < -0.39 is 9.84 Å². The Labute approximate surface area is 198 Å². The Morgan fingerprint density at radius 3 is 2.15 bits per heavy atom. The van der Waals surface area contributed by atoms with Crippen LogP contribution in [0.2, 0.25) is 0 Å². The summed E-state index contributed by atoms with van der Waals surface area (Å²) < 4.78 is 30.2. The van der Waals surface area contributed by atoms with Gasteiger partial charge in [-0.05, 0) is 69.9 Å². The Morgan fingerprint density at radius 1 is 1.03 bits per heavy atom. The van der Waals surface area contributed by atoms with Crippen LogP contribution >= 0.6 is 0 Å². The highest BCUT2D eigenvalue weighted by atomic mass is 32.2. The molecule has 3 rings (SSSR count). The Balaban J connectivity index is 1.78. The predicted molar refractivity (Wildman–Crippen MR) is 134 cm³/mol. The number of aryl methyl sites for hydroxylation is 3. The quantitative estimate of drug-likeness (QED) is 0.551. The highest BCUT2D eigenvalue weighted by molar-refractivity contribution is 7.91. The largest absolute Gasteiger partial charge is 0.483 e. The lowest BCUT2D eigenvalue weighted by molar-refractivity contribution is -0.136. The zero-order valence-electron chi connectivity index (χ0n) is 20.4. The molecule has 0 radical (unpaired) electrons. The van der Waals surface area contributed by atoms with E-state index in [2.05, 4.69) is 30.9 Å². The molecule has 1 unspecified atom stereocenters. The van der Waals surface area contributed by atoms with Crippen LogP contribution in [0.5, 0.6) is 5.75 Å². The van der Waals surface area contributed by atoms with Crippen LogP contribution in [0, 0.1) is 20.8 Å². The summed E-state index contributed by atoms with van der Waals surface area (Å²) >= 11 is 0. The number of carbonyl (C=O) groups is 1. The van der Waals surface area contributed by atoms with Crippen molar-refractivity contribution in [2.24, 2.45) is 0 Å². The Morgan fingerprint density at radius 2 is 1.64 bits per heavy atom. The maximum atomic E-state index is 13.3. The molecule has 1 heterocycles. The third-order valence-corrected chi connectivity index (χ3v) is 8.08. The van der Waals surface area contributed by atoms with Gasteiger partial charge in [-0.3, -0.25) is 4.79 Å². The molecule has 180 valence electrons. The maximum absolute atomic E-state index is 13.3. The van der Waals surface area contributed by atoms with Gasteiger partial charge in [0.2, 0.25) is 0 Å². The molecule has 7 heteroatoms. The first kappa shape index (κ1) is 25.1. The molecule has 0 N–H and O–H groups in total. The second kappa shape index (κ2) is 10.6. The minimum atomic E-state index is -3.12. The molecule has 0 aromatic heterocycles. The van der Waals surface area contributed by atoms with Gasteiger partial charge in [0, 0.05) is 31.4 Å². The molecule has 1 fully saturated rings. The van der Waals surface area contributed by atoms with Crippen LogP contribution in [0.25, 0.3) is 0 Å². The van der Waals surface area contributed by atoms with E-state index in [4.69, 9.17) is 4.74 Å². The van der Waals surface area contributed by atoms with Crippen LogP contribution in [0.4, 0.5) is 5.69 Å². The third-order valence-electron chi connectivity index (χ3n) is 6.33. The molecule has 1 saturated heterocycles. The van der Waals surface area contributed by atoms with Crippen molar-refractivity contribution in [3.8, 4) is 5.75 Å². The number of hydrogen-bond donors (Lipinski definition) is 0. The summed E-state index contributed by atoms with van der Waals surface area (Å²) in [6.45, 7) is 12.3. The van der Waals surface area contributed by atoms with Crippen molar-refractivity contribution < 1.29 is 17.9 Å². The van der Waals surface area contributed by atoms with E-state index in [1.807, 2.05) is 45.0 Å². The van der Waals surface area contributed by atoms with Gasteiger partial charge < -0.3 is 14.5 Å². The number of hydrogen-bond acceptors (Lipinski definition) is 5. The first-order valence-corrected chi connectivity index (χ1v) is 13.5. The maximum Gasteiger partial charge on any atom is 0.261 e. The lowest BCUT2D eigenvalue weighted by Crippen LogP contribution is -2.43. The summed E-state index contributed by atoms with van der Waals surface area (Å²) in [6, 6.07) is 11.9. The van der Waals surface area contributed by atoms with Gasteiger partial charge in [-0.1, -0.05) is 29.8 Å². The Bertz CT molecular complexity index is 1050. The number of carbonyl (C=O) groups excluding carboxylic acids is 1. The van der Waals surface area contributed by atoms with Gasteiger partial charge in [0.25, 0.3) is 5.91 Å². The minimum absolute atomic E-state index is 0.0128. The number of nitrogens with zero attached hydrogens (tertiary/aromatic N) is 2. The number of anilines is 1. The van der Waals surface area contributed by atoms with Crippen LogP contribution in [0.15, 0.2) is 36.4 Å². The highest BCUT2D eigenvalue weighted by Gasteiger charge is 2.35. The molecule has 0 bridgehead atoms. The van der Waals surface area contributed by atoms with Crippen LogP contribution < -0.4 is 9.64 Å². The first-order valence-electron chi connectivity index (χ1n) is 11.7. The van der Waals surface area contributed by atoms with E-state index in [0.717, 1.165) is 46.8 Å². The zero-order chi connectivity index (χ0) is 24.2. The third kappa shape index (κ3) is 6.28. The summed E-state index contributed by atoms with van der Waals surface area (Å²) in [5.74, 6) is 0.666. The lowest BCUT2D eigenvalue weighted by atomic mass is 10.1. The fourth-order valence-corrected chi connectivity index (χ4v) is 6.38. The van der Waals surface area contributed by atoms with Gasteiger partial charge in [0.1, 0.15) is 5.75 Å². The van der Waals surface area contributed by atoms with Gasteiger partial charge in [-0.25, -0.2) is 8.42 Å². The molecule has 0 saturated carbocycles. The van der Waals surface area contributed by atoms with Crippen LogP contribution in [-0.2, 0) is 21.2 Å². The van der Waals surface area contributed by atoms with Gasteiger partial charge in [0.05, 0.1) is 11.5 Å². The molecular formula is C26H36N2O4S. The molecule has 2 aromatic rings. The second-order valence-electron chi connectivity index (χ2n) is 8.93. The fraction of sp³-hybridized carbons (Fsp3) is 0.500. The van der Waals surface area contributed by atoms with E-state index in [1.54, 1.807) is 4.90 Å². The normalized spacial score (nSPS) is 17.1. The number of sulfone groups is 1. The fourth-order valence-electron chi connectivity index (χ4n) is 4.65. The molecule has 1 atom stereocenters. The standard InChI is InChI=1S/C26H36N2O4S/c1-6-27(7-2)23-10-8-22(9-11-23)16-28(24-12-13-33(30,31)18-24)25(29)17-32-26-20(4)14-19(3)15-21(26)5/h8-11,14-15,24H,6-7,12-13,16-18H2,1-5H3. The molecule has 0 spiro atoms.